The van der Waals surface area contributed by atoms with Crippen LogP contribution in [0.25, 0.3) is 0 Å². The van der Waals surface area contributed by atoms with E-state index >= 15 is 0 Å². The van der Waals surface area contributed by atoms with Crippen molar-refractivity contribution in [2.24, 2.45) is 0 Å². The first-order valence-electron chi connectivity index (χ1n) is 3.11. The molecule has 1 rings (SSSR count). The van der Waals surface area contributed by atoms with Crippen molar-refractivity contribution in [3.8, 4) is 5.75 Å². The monoisotopic (exact) mass is 175 g/mol. The van der Waals surface area contributed by atoms with Crippen molar-refractivity contribution >= 4 is 0 Å². The fourth-order valence-electron chi connectivity index (χ4n) is 0.810. The lowest BCUT2D eigenvalue weighted by Crippen LogP contribution is -1.98. The zero-order valence-corrected chi connectivity index (χ0v) is 6.33. The number of rotatable bonds is 1. The number of methoxy groups -OCH3 is 1. The molecule has 0 heterocycles. The number of hydrogen-bond donors (Lipinski definition) is 0. The molecule has 12 heavy (non-hydrogen) atoms. The molecule has 0 fully saturated rings. The fourth-order valence-corrected chi connectivity index (χ4v) is 0.810. The van der Waals surface area contributed by atoms with Crippen LogP contribution in [0, 0.1) is 24.4 Å². The minimum absolute atomic E-state index is 0.231. The number of ether oxygens (including phenoxy) is 1. The molecule has 0 N–H and O–H groups in total. The Labute approximate surface area is 67.8 Å². The Kier molecular flexibility index (Phi) is 2.26. The summed E-state index contributed by atoms with van der Waals surface area (Å²) >= 11 is 0. The molecule has 0 unspecified atom stereocenters. The van der Waals surface area contributed by atoms with Crippen LogP contribution in [0.2, 0.25) is 0 Å². The molecule has 0 saturated heterocycles. The van der Waals surface area contributed by atoms with Gasteiger partial charge in [-0.15, -0.1) is 0 Å². The number of hydrogen-bond acceptors (Lipinski definition) is 1. The largest absolute Gasteiger partial charge is 0.491 e. The Morgan fingerprint density at radius 2 is 1.83 bits per heavy atom. The van der Waals surface area contributed by atoms with Crippen LogP contribution in [0.4, 0.5) is 13.2 Å². The van der Waals surface area contributed by atoms with E-state index in [2.05, 4.69) is 11.7 Å². The first-order chi connectivity index (χ1) is 5.57. The maximum atomic E-state index is 12.8. The lowest BCUT2D eigenvalue weighted by Gasteiger charge is -2.05. The highest BCUT2D eigenvalue weighted by atomic mass is 19.2. The van der Waals surface area contributed by atoms with Crippen LogP contribution in [0.5, 0.6) is 5.75 Å². The summed E-state index contributed by atoms with van der Waals surface area (Å²) in [6.45, 7) is 3.17. The lowest BCUT2D eigenvalue weighted by molar-refractivity contribution is 0.346. The maximum absolute atomic E-state index is 12.8. The SMILES string of the molecule is [CH2]c1cc(F)c(F)c(OC)c1F. The van der Waals surface area contributed by atoms with Gasteiger partial charge in [-0.3, -0.25) is 0 Å². The van der Waals surface area contributed by atoms with Gasteiger partial charge in [0.15, 0.2) is 17.4 Å². The van der Waals surface area contributed by atoms with E-state index in [0.717, 1.165) is 7.11 Å². The Morgan fingerprint density at radius 1 is 1.25 bits per heavy atom. The molecular formula is C8H6F3O. The van der Waals surface area contributed by atoms with Gasteiger partial charge in [-0.2, -0.15) is 4.39 Å². The van der Waals surface area contributed by atoms with E-state index in [1.807, 2.05) is 0 Å². The van der Waals surface area contributed by atoms with E-state index < -0.39 is 23.2 Å². The van der Waals surface area contributed by atoms with Gasteiger partial charge in [0.2, 0.25) is 5.82 Å². The average Bonchev–Trinajstić information content (AvgIpc) is 2.02. The molecule has 0 aliphatic carbocycles. The summed E-state index contributed by atoms with van der Waals surface area (Å²) in [6.07, 6.45) is 0. The van der Waals surface area contributed by atoms with Gasteiger partial charge in [-0.1, -0.05) is 0 Å². The predicted octanol–water partition coefficient (Wildman–Crippen LogP) is 2.29. The fraction of sp³-hybridized carbons (Fsp3) is 0.125. The maximum Gasteiger partial charge on any atom is 0.203 e. The van der Waals surface area contributed by atoms with Gasteiger partial charge in [0.05, 0.1) is 7.11 Å². The molecule has 1 radical (unpaired) electrons. The minimum Gasteiger partial charge on any atom is -0.491 e. The topological polar surface area (TPSA) is 9.23 Å². The molecule has 1 nitrogen and oxygen atoms in total. The van der Waals surface area contributed by atoms with Gasteiger partial charge < -0.3 is 4.74 Å². The first-order valence-corrected chi connectivity index (χ1v) is 3.11. The van der Waals surface area contributed by atoms with Gasteiger partial charge >= 0.3 is 0 Å². The van der Waals surface area contributed by atoms with E-state index in [-0.39, 0.29) is 5.56 Å². The van der Waals surface area contributed by atoms with Crippen LogP contribution < -0.4 is 4.74 Å². The number of benzene rings is 1. The summed E-state index contributed by atoms with van der Waals surface area (Å²) < 4.78 is 42.4. The average molecular weight is 175 g/mol. The molecule has 0 aliphatic rings. The van der Waals surface area contributed by atoms with Crippen molar-refractivity contribution in [1.29, 1.82) is 0 Å². The predicted molar refractivity (Wildman–Crippen MR) is 37.3 cm³/mol. The Balaban J connectivity index is 3.42. The second-order valence-corrected chi connectivity index (χ2v) is 2.18. The van der Waals surface area contributed by atoms with E-state index in [4.69, 9.17) is 0 Å². The summed E-state index contributed by atoms with van der Waals surface area (Å²) in [6, 6.07) is 0.674. The summed E-state index contributed by atoms with van der Waals surface area (Å²) in [5.74, 6) is -4.21. The molecule has 0 aromatic heterocycles. The van der Waals surface area contributed by atoms with Crippen molar-refractivity contribution in [2.75, 3.05) is 7.11 Å². The van der Waals surface area contributed by atoms with Crippen molar-refractivity contribution in [2.45, 2.75) is 0 Å². The van der Waals surface area contributed by atoms with Crippen LogP contribution in [0.3, 0.4) is 0 Å². The summed E-state index contributed by atoms with van der Waals surface area (Å²) in [4.78, 5) is 0. The van der Waals surface area contributed by atoms with Crippen molar-refractivity contribution in [3.05, 3.63) is 36.0 Å². The molecule has 0 atom stereocenters. The van der Waals surface area contributed by atoms with Crippen LogP contribution in [-0.2, 0) is 0 Å². The standard InChI is InChI=1S/C8H6F3O/c1-4-3-5(9)7(11)8(12-2)6(4)10/h3H,1H2,2H3. The van der Waals surface area contributed by atoms with Gasteiger partial charge in [-0.25, -0.2) is 8.78 Å². The third-order valence-electron chi connectivity index (χ3n) is 1.40. The van der Waals surface area contributed by atoms with Crippen molar-refractivity contribution < 1.29 is 17.9 Å². The third-order valence-corrected chi connectivity index (χ3v) is 1.40. The molecule has 1 aromatic rings. The Hall–Kier alpha value is -1.19. The van der Waals surface area contributed by atoms with Crippen molar-refractivity contribution in [3.63, 3.8) is 0 Å². The molecule has 1 aromatic carbocycles. The molecule has 0 aliphatic heterocycles. The zero-order chi connectivity index (χ0) is 9.30. The second-order valence-electron chi connectivity index (χ2n) is 2.18. The molecule has 65 valence electrons. The van der Waals surface area contributed by atoms with Crippen LogP contribution in [-0.4, -0.2) is 7.11 Å². The first kappa shape index (κ1) is 8.90. The molecule has 0 bridgehead atoms. The summed E-state index contributed by atoms with van der Waals surface area (Å²) in [7, 11) is 1.06. The van der Waals surface area contributed by atoms with Crippen LogP contribution in [0.1, 0.15) is 5.56 Å². The van der Waals surface area contributed by atoms with Crippen LogP contribution in [0.15, 0.2) is 6.07 Å². The van der Waals surface area contributed by atoms with Crippen molar-refractivity contribution in [1.82, 2.24) is 0 Å². The molecule has 0 spiro atoms. The Bertz CT molecular complexity index is 283. The number of halogens is 3. The molecule has 0 amide bonds. The minimum atomic E-state index is -1.33. The smallest absolute Gasteiger partial charge is 0.203 e. The highest BCUT2D eigenvalue weighted by Crippen LogP contribution is 2.25. The normalized spacial score (nSPS) is 10.1. The second kappa shape index (κ2) is 3.05. The van der Waals surface area contributed by atoms with E-state index in [9.17, 15) is 13.2 Å². The highest BCUT2D eigenvalue weighted by Gasteiger charge is 2.16. The molecular weight excluding hydrogens is 169 g/mol. The Morgan fingerprint density at radius 3 is 2.33 bits per heavy atom. The van der Waals surface area contributed by atoms with Gasteiger partial charge in [-0.05, 0) is 18.6 Å². The van der Waals surface area contributed by atoms with E-state index in [1.54, 1.807) is 0 Å². The van der Waals surface area contributed by atoms with Gasteiger partial charge in [0.25, 0.3) is 0 Å². The van der Waals surface area contributed by atoms with Gasteiger partial charge in [0.1, 0.15) is 0 Å². The molecule has 4 heteroatoms. The van der Waals surface area contributed by atoms with E-state index in [0.29, 0.717) is 6.07 Å². The molecule has 0 saturated carbocycles. The quantitative estimate of drug-likeness (QED) is 0.595. The van der Waals surface area contributed by atoms with Gasteiger partial charge in [0, 0.05) is 0 Å². The summed E-state index contributed by atoms with van der Waals surface area (Å²) in [5.41, 5.74) is -0.231. The lowest BCUT2D eigenvalue weighted by atomic mass is 10.2. The van der Waals surface area contributed by atoms with Crippen LogP contribution >= 0.6 is 0 Å². The van der Waals surface area contributed by atoms with E-state index in [1.165, 1.54) is 0 Å². The third kappa shape index (κ3) is 1.24. The summed E-state index contributed by atoms with van der Waals surface area (Å²) in [5, 5.41) is 0. The zero-order valence-electron chi connectivity index (χ0n) is 6.33. The highest BCUT2D eigenvalue weighted by molar-refractivity contribution is 5.35.